The number of carbonyl (C=O) groups is 2. The number of aliphatic imine (C=N–C) groups is 1. The number of benzene rings is 2. The highest BCUT2D eigenvalue weighted by atomic mass is 16.5. The molecule has 37 heavy (non-hydrogen) atoms. The third-order valence-corrected chi connectivity index (χ3v) is 7.24. The predicted octanol–water partition coefficient (Wildman–Crippen LogP) is 2.16. The molecular weight excluding hydrogens is 474 g/mol. The van der Waals surface area contributed by atoms with Crippen LogP contribution in [0.4, 0.5) is 0 Å². The Morgan fingerprint density at radius 2 is 1.43 bits per heavy atom. The summed E-state index contributed by atoms with van der Waals surface area (Å²) in [5, 5.41) is 0. The first-order valence-electron chi connectivity index (χ1n) is 12.1. The van der Waals surface area contributed by atoms with Gasteiger partial charge in [-0.3, -0.25) is 14.6 Å². The molecule has 1 heterocycles. The molecule has 2 aromatic carbocycles. The smallest absolute Gasteiger partial charge is 0.249 e. The molecule has 4 N–H and O–H groups in total. The van der Waals surface area contributed by atoms with Gasteiger partial charge in [-0.05, 0) is 66.3 Å². The van der Waals surface area contributed by atoms with Crippen LogP contribution in [0.15, 0.2) is 35.3 Å². The number of hydrogen-bond acceptors (Lipinski definition) is 7. The predicted molar refractivity (Wildman–Crippen MR) is 141 cm³/mol. The second kappa shape index (κ2) is 11.3. The van der Waals surface area contributed by atoms with E-state index in [-0.39, 0.29) is 12.8 Å². The van der Waals surface area contributed by atoms with E-state index in [0.717, 1.165) is 39.9 Å². The second-order valence-corrected chi connectivity index (χ2v) is 9.67. The maximum Gasteiger partial charge on any atom is 0.249 e. The summed E-state index contributed by atoms with van der Waals surface area (Å²) in [7, 11) is 6.12. The molecular formula is C28H37N3O6. The number of ether oxygens (including phenoxy) is 4. The molecule has 3 rings (SSSR count). The summed E-state index contributed by atoms with van der Waals surface area (Å²) in [6, 6.07) is 9.89. The Kier molecular flexibility index (Phi) is 8.60. The highest BCUT2D eigenvalue weighted by Crippen LogP contribution is 2.32. The van der Waals surface area contributed by atoms with Crippen molar-refractivity contribution >= 4 is 17.5 Å². The van der Waals surface area contributed by atoms with Crippen LogP contribution < -0.4 is 20.9 Å². The van der Waals surface area contributed by atoms with E-state index in [2.05, 4.69) is 6.07 Å². The van der Waals surface area contributed by atoms with Crippen molar-refractivity contribution in [2.75, 3.05) is 35.0 Å². The Labute approximate surface area is 218 Å². The van der Waals surface area contributed by atoms with Crippen LogP contribution in [-0.2, 0) is 44.7 Å². The fourth-order valence-corrected chi connectivity index (χ4v) is 4.52. The SMILES string of the molecule is COc1ccc(CC2=NCCc3cc(CC(C)(OC)C(N)=O)c(CC(C)(OC)C(N)=O)cc32)cc1OC. The minimum atomic E-state index is -1.24. The molecule has 1 aliphatic heterocycles. The monoisotopic (exact) mass is 511 g/mol. The van der Waals surface area contributed by atoms with Crippen molar-refractivity contribution in [2.45, 2.75) is 50.7 Å². The first-order valence-corrected chi connectivity index (χ1v) is 12.1. The minimum absolute atomic E-state index is 0.212. The van der Waals surface area contributed by atoms with Gasteiger partial charge in [0, 0.05) is 45.7 Å². The van der Waals surface area contributed by atoms with Gasteiger partial charge >= 0.3 is 0 Å². The van der Waals surface area contributed by atoms with Crippen molar-refractivity contribution in [3.8, 4) is 11.5 Å². The highest BCUT2D eigenvalue weighted by Gasteiger charge is 2.36. The molecule has 0 fully saturated rings. The van der Waals surface area contributed by atoms with Gasteiger partial charge in [-0.15, -0.1) is 0 Å². The quantitative estimate of drug-likeness (QED) is 0.448. The van der Waals surface area contributed by atoms with Gasteiger partial charge in [-0.25, -0.2) is 0 Å². The van der Waals surface area contributed by atoms with Crippen molar-refractivity contribution < 1.29 is 28.5 Å². The second-order valence-electron chi connectivity index (χ2n) is 9.67. The van der Waals surface area contributed by atoms with Crippen LogP contribution in [0.25, 0.3) is 0 Å². The van der Waals surface area contributed by atoms with Gasteiger partial charge in [0.15, 0.2) is 11.5 Å². The summed E-state index contributed by atoms with van der Waals surface area (Å²) in [6.07, 6.45) is 1.78. The Morgan fingerprint density at radius 3 is 1.95 bits per heavy atom. The minimum Gasteiger partial charge on any atom is -0.493 e. The van der Waals surface area contributed by atoms with Crippen molar-refractivity contribution in [1.82, 2.24) is 0 Å². The number of methoxy groups -OCH3 is 4. The number of primary amides is 2. The molecule has 0 bridgehead atoms. The Bertz CT molecular complexity index is 1210. The van der Waals surface area contributed by atoms with E-state index in [9.17, 15) is 9.59 Å². The molecule has 2 aromatic rings. The zero-order valence-corrected chi connectivity index (χ0v) is 22.5. The van der Waals surface area contributed by atoms with Crippen molar-refractivity contribution in [1.29, 1.82) is 0 Å². The van der Waals surface area contributed by atoms with Crippen LogP contribution >= 0.6 is 0 Å². The van der Waals surface area contributed by atoms with Gasteiger partial charge < -0.3 is 30.4 Å². The van der Waals surface area contributed by atoms with Crippen LogP contribution in [0.5, 0.6) is 11.5 Å². The summed E-state index contributed by atoms with van der Waals surface area (Å²) >= 11 is 0. The topological polar surface area (TPSA) is 135 Å². The molecule has 1 aliphatic rings. The van der Waals surface area contributed by atoms with E-state index in [4.69, 9.17) is 35.4 Å². The lowest BCUT2D eigenvalue weighted by molar-refractivity contribution is -0.138. The number of hydrogen-bond donors (Lipinski definition) is 2. The lowest BCUT2D eigenvalue weighted by Gasteiger charge is -2.30. The van der Waals surface area contributed by atoms with Crippen LogP contribution in [0.2, 0.25) is 0 Å². The summed E-state index contributed by atoms with van der Waals surface area (Å²) in [6.45, 7) is 3.95. The van der Waals surface area contributed by atoms with Gasteiger partial charge in [0.25, 0.3) is 0 Å². The standard InChI is InChI=1S/C28H37N3O6/c1-27(36-5,25(29)32)15-19-13-18-9-10-31-22(11-17-7-8-23(34-3)24(12-17)35-4)21(18)14-20(19)16-28(2,37-6)26(30)33/h7-8,12-14H,9-11,15-16H2,1-6H3,(H2,29,32)(H2,30,33). The van der Waals surface area contributed by atoms with E-state index < -0.39 is 23.0 Å². The molecule has 2 amide bonds. The molecule has 9 heteroatoms. The number of rotatable bonds is 12. The molecule has 0 aliphatic carbocycles. The fourth-order valence-electron chi connectivity index (χ4n) is 4.52. The van der Waals surface area contributed by atoms with E-state index in [1.807, 2.05) is 24.3 Å². The average Bonchev–Trinajstić information content (AvgIpc) is 2.88. The Hall–Kier alpha value is -3.43. The molecule has 2 atom stereocenters. The molecule has 0 saturated carbocycles. The number of amides is 2. The Morgan fingerprint density at radius 1 is 0.865 bits per heavy atom. The van der Waals surface area contributed by atoms with Crippen LogP contribution in [-0.4, -0.2) is 63.7 Å². The van der Waals surface area contributed by atoms with Crippen molar-refractivity contribution in [3.05, 3.63) is 58.1 Å². The lowest BCUT2D eigenvalue weighted by atomic mass is 9.82. The normalized spacial score (nSPS) is 16.1. The maximum atomic E-state index is 12.3. The molecule has 9 nitrogen and oxygen atoms in total. The third-order valence-electron chi connectivity index (χ3n) is 7.24. The molecule has 200 valence electrons. The fraction of sp³-hybridized carbons (Fsp3) is 0.464. The van der Waals surface area contributed by atoms with Crippen LogP contribution in [0.3, 0.4) is 0 Å². The lowest BCUT2D eigenvalue weighted by Crippen LogP contribution is -2.46. The first-order chi connectivity index (χ1) is 17.5. The van der Waals surface area contributed by atoms with Gasteiger partial charge in [-0.2, -0.15) is 0 Å². The van der Waals surface area contributed by atoms with Crippen molar-refractivity contribution in [2.24, 2.45) is 16.5 Å². The largest absolute Gasteiger partial charge is 0.493 e. The van der Waals surface area contributed by atoms with E-state index >= 15 is 0 Å². The van der Waals surface area contributed by atoms with Gasteiger partial charge in [0.2, 0.25) is 11.8 Å². The number of carbonyl (C=O) groups excluding carboxylic acids is 2. The molecule has 0 aromatic heterocycles. The van der Waals surface area contributed by atoms with Gasteiger partial charge in [-0.1, -0.05) is 12.1 Å². The Balaban J connectivity index is 2.09. The first kappa shape index (κ1) is 28.1. The van der Waals surface area contributed by atoms with E-state index in [1.54, 1.807) is 28.1 Å². The van der Waals surface area contributed by atoms with Crippen molar-refractivity contribution in [3.63, 3.8) is 0 Å². The van der Waals surface area contributed by atoms with E-state index in [0.29, 0.717) is 24.5 Å². The van der Waals surface area contributed by atoms with Crippen LogP contribution in [0, 0.1) is 0 Å². The number of nitrogens with zero attached hydrogens (tertiary/aromatic N) is 1. The highest BCUT2D eigenvalue weighted by molar-refractivity contribution is 6.04. The van der Waals surface area contributed by atoms with E-state index in [1.165, 1.54) is 14.2 Å². The zero-order valence-electron chi connectivity index (χ0n) is 22.5. The number of nitrogens with two attached hydrogens (primary N) is 2. The number of fused-ring (bicyclic) bond motifs is 1. The summed E-state index contributed by atoms with van der Waals surface area (Å²) in [5.74, 6) is 0.154. The molecule has 0 spiro atoms. The van der Waals surface area contributed by atoms with Gasteiger partial charge in [0.05, 0.1) is 14.2 Å². The van der Waals surface area contributed by atoms with Crippen LogP contribution in [0.1, 0.15) is 41.7 Å². The zero-order chi connectivity index (χ0) is 27.4. The summed E-state index contributed by atoms with van der Waals surface area (Å²) in [4.78, 5) is 29.3. The molecule has 2 unspecified atom stereocenters. The molecule has 0 saturated heterocycles. The third kappa shape index (κ3) is 5.94. The summed E-state index contributed by atoms with van der Waals surface area (Å²) < 4.78 is 21.9. The van der Waals surface area contributed by atoms with Gasteiger partial charge in [0.1, 0.15) is 11.2 Å². The molecule has 0 radical (unpaired) electrons. The average molecular weight is 512 g/mol. The summed E-state index contributed by atoms with van der Waals surface area (Å²) in [5.41, 5.74) is 14.6. The maximum absolute atomic E-state index is 12.3.